The van der Waals surface area contributed by atoms with Crippen molar-refractivity contribution in [2.45, 2.75) is 5.37 Å². The highest BCUT2D eigenvalue weighted by Gasteiger charge is 2.36. The van der Waals surface area contributed by atoms with Gasteiger partial charge in [0.1, 0.15) is 28.6 Å². The van der Waals surface area contributed by atoms with Crippen LogP contribution in [0.25, 0.3) is 0 Å². The van der Waals surface area contributed by atoms with Crippen LogP contribution < -0.4 is 9.64 Å². The summed E-state index contributed by atoms with van der Waals surface area (Å²) in [6.07, 6.45) is 0. The number of hydrogen-bond donors (Lipinski definition) is 0. The molecule has 3 rings (SSSR count). The highest BCUT2D eigenvalue weighted by molar-refractivity contribution is 8.00. The van der Waals surface area contributed by atoms with Gasteiger partial charge in [0.25, 0.3) is 0 Å². The van der Waals surface area contributed by atoms with Crippen LogP contribution in [0.4, 0.5) is 18.9 Å². The van der Waals surface area contributed by atoms with Crippen LogP contribution in [0.3, 0.4) is 0 Å². The summed E-state index contributed by atoms with van der Waals surface area (Å²) in [5.74, 6) is -1.84. The second kappa shape index (κ2) is 6.16. The number of benzene rings is 2. The quantitative estimate of drug-likeness (QED) is 0.850. The van der Waals surface area contributed by atoms with E-state index in [-0.39, 0.29) is 17.3 Å². The van der Waals surface area contributed by atoms with Crippen molar-refractivity contribution in [1.29, 1.82) is 0 Å². The fourth-order valence-electron chi connectivity index (χ4n) is 2.50. The standard InChI is InChI=1S/C16H12F3NO2S/c1-22-14-3-2-10(17)7-13(14)20-15(21)8-23-16(20)9-4-11(18)6-12(19)5-9/h2-7,16H,8H2,1H3. The van der Waals surface area contributed by atoms with Crippen molar-refractivity contribution in [1.82, 2.24) is 0 Å². The van der Waals surface area contributed by atoms with E-state index in [9.17, 15) is 18.0 Å². The molecular weight excluding hydrogens is 327 g/mol. The topological polar surface area (TPSA) is 29.5 Å². The monoisotopic (exact) mass is 339 g/mol. The van der Waals surface area contributed by atoms with Gasteiger partial charge in [-0.25, -0.2) is 13.2 Å². The summed E-state index contributed by atoms with van der Waals surface area (Å²) >= 11 is 1.21. The molecule has 0 radical (unpaired) electrons. The third kappa shape index (κ3) is 3.01. The Kier molecular flexibility index (Phi) is 4.21. The maximum Gasteiger partial charge on any atom is 0.238 e. The highest BCUT2D eigenvalue weighted by Crippen LogP contribution is 2.45. The number of hydrogen-bond acceptors (Lipinski definition) is 3. The van der Waals surface area contributed by atoms with E-state index >= 15 is 0 Å². The molecule has 0 aromatic heterocycles. The molecule has 120 valence electrons. The van der Waals surface area contributed by atoms with Crippen molar-refractivity contribution in [2.24, 2.45) is 0 Å². The van der Waals surface area contributed by atoms with Gasteiger partial charge in [-0.15, -0.1) is 11.8 Å². The fourth-order valence-corrected chi connectivity index (χ4v) is 3.65. The Morgan fingerprint density at radius 2 is 1.78 bits per heavy atom. The Hall–Kier alpha value is -2.15. The van der Waals surface area contributed by atoms with Gasteiger partial charge in [0, 0.05) is 12.1 Å². The van der Waals surface area contributed by atoms with Crippen molar-refractivity contribution in [3.8, 4) is 5.75 Å². The Labute approximate surface area is 135 Å². The van der Waals surface area contributed by atoms with Gasteiger partial charge in [-0.1, -0.05) is 0 Å². The van der Waals surface area contributed by atoms with E-state index in [4.69, 9.17) is 4.74 Å². The summed E-state index contributed by atoms with van der Waals surface area (Å²) in [7, 11) is 1.40. The van der Waals surface area contributed by atoms with Crippen LogP contribution in [-0.4, -0.2) is 18.8 Å². The van der Waals surface area contributed by atoms with Crippen LogP contribution in [0, 0.1) is 17.5 Å². The minimum atomic E-state index is -0.730. The molecule has 1 aliphatic heterocycles. The van der Waals surface area contributed by atoms with E-state index in [1.165, 1.54) is 42.0 Å². The van der Waals surface area contributed by atoms with Crippen molar-refractivity contribution in [3.05, 3.63) is 59.4 Å². The first-order valence-electron chi connectivity index (χ1n) is 6.73. The molecular formula is C16H12F3NO2S. The Balaban J connectivity index is 2.09. The Morgan fingerprint density at radius 3 is 2.43 bits per heavy atom. The third-order valence-corrected chi connectivity index (χ3v) is 4.65. The van der Waals surface area contributed by atoms with Crippen molar-refractivity contribution in [3.63, 3.8) is 0 Å². The van der Waals surface area contributed by atoms with Gasteiger partial charge < -0.3 is 4.74 Å². The first-order valence-corrected chi connectivity index (χ1v) is 7.77. The predicted octanol–water partition coefficient (Wildman–Crippen LogP) is 3.89. The van der Waals surface area contributed by atoms with E-state index in [2.05, 4.69) is 0 Å². The molecule has 0 N–H and O–H groups in total. The molecule has 1 unspecified atom stereocenters. The number of anilines is 1. The van der Waals surface area contributed by atoms with E-state index in [1.807, 2.05) is 0 Å². The zero-order chi connectivity index (χ0) is 16.6. The molecule has 1 aliphatic rings. The molecule has 1 atom stereocenters. The molecule has 0 spiro atoms. The second-order valence-corrected chi connectivity index (χ2v) is 6.01. The average Bonchev–Trinajstić information content (AvgIpc) is 2.88. The molecule has 1 amide bonds. The average molecular weight is 339 g/mol. The summed E-state index contributed by atoms with van der Waals surface area (Å²) in [5, 5.41) is -0.650. The number of carbonyl (C=O) groups is 1. The van der Waals surface area contributed by atoms with Crippen molar-refractivity contribution in [2.75, 3.05) is 17.8 Å². The number of ether oxygens (including phenoxy) is 1. The smallest absolute Gasteiger partial charge is 0.238 e. The third-order valence-electron chi connectivity index (χ3n) is 3.44. The first-order chi connectivity index (χ1) is 11.0. The van der Waals surface area contributed by atoms with Crippen molar-refractivity contribution < 1.29 is 22.7 Å². The number of thioether (sulfide) groups is 1. The van der Waals surface area contributed by atoms with E-state index in [0.29, 0.717) is 11.3 Å². The maximum atomic E-state index is 13.6. The molecule has 0 bridgehead atoms. The summed E-state index contributed by atoms with van der Waals surface area (Å²) in [6, 6.07) is 6.89. The minimum absolute atomic E-state index is 0.127. The molecule has 1 fully saturated rings. The number of carbonyl (C=O) groups excluding carboxylic acids is 1. The first kappa shape index (κ1) is 15.7. The summed E-state index contributed by atoms with van der Waals surface area (Å²) < 4.78 is 45.7. The summed E-state index contributed by atoms with van der Waals surface area (Å²) in [6.45, 7) is 0. The molecule has 0 aliphatic carbocycles. The number of nitrogens with zero attached hydrogens (tertiary/aromatic N) is 1. The predicted molar refractivity (Wildman–Crippen MR) is 82.0 cm³/mol. The van der Waals surface area contributed by atoms with Crippen LogP contribution in [0.2, 0.25) is 0 Å². The lowest BCUT2D eigenvalue weighted by molar-refractivity contribution is -0.115. The molecule has 0 saturated carbocycles. The van der Waals surface area contributed by atoms with Gasteiger partial charge in [-0.2, -0.15) is 0 Å². The van der Waals surface area contributed by atoms with Crippen LogP contribution in [0.15, 0.2) is 36.4 Å². The maximum absolute atomic E-state index is 13.6. The lowest BCUT2D eigenvalue weighted by atomic mass is 10.1. The number of methoxy groups -OCH3 is 1. The van der Waals surface area contributed by atoms with E-state index in [0.717, 1.165) is 18.2 Å². The largest absolute Gasteiger partial charge is 0.495 e. The van der Waals surface area contributed by atoms with Gasteiger partial charge in [0.05, 0.1) is 18.6 Å². The highest BCUT2D eigenvalue weighted by atomic mass is 32.2. The van der Waals surface area contributed by atoms with E-state index < -0.39 is 22.8 Å². The van der Waals surface area contributed by atoms with Crippen LogP contribution in [0.5, 0.6) is 5.75 Å². The van der Waals surface area contributed by atoms with Crippen LogP contribution >= 0.6 is 11.8 Å². The van der Waals surface area contributed by atoms with Gasteiger partial charge in [0.2, 0.25) is 5.91 Å². The normalized spacial score (nSPS) is 17.7. The Bertz CT molecular complexity index is 749. The minimum Gasteiger partial charge on any atom is -0.495 e. The molecule has 7 heteroatoms. The zero-order valence-electron chi connectivity index (χ0n) is 12.1. The van der Waals surface area contributed by atoms with Gasteiger partial charge in [-0.3, -0.25) is 9.69 Å². The van der Waals surface area contributed by atoms with Gasteiger partial charge >= 0.3 is 0 Å². The molecule has 1 heterocycles. The van der Waals surface area contributed by atoms with Crippen LogP contribution in [-0.2, 0) is 4.79 Å². The van der Waals surface area contributed by atoms with Crippen LogP contribution in [0.1, 0.15) is 10.9 Å². The van der Waals surface area contributed by atoms with E-state index in [1.54, 1.807) is 0 Å². The molecule has 2 aromatic rings. The zero-order valence-corrected chi connectivity index (χ0v) is 12.9. The summed E-state index contributed by atoms with van der Waals surface area (Å²) in [4.78, 5) is 13.6. The summed E-state index contributed by atoms with van der Waals surface area (Å²) in [5.41, 5.74) is 0.529. The SMILES string of the molecule is COc1ccc(F)cc1N1C(=O)CSC1c1cc(F)cc(F)c1. The fraction of sp³-hybridized carbons (Fsp3) is 0.188. The lowest BCUT2D eigenvalue weighted by Gasteiger charge is -2.26. The number of amides is 1. The molecule has 3 nitrogen and oxygen atoms in total. The number of rotatable bonds is 3. The number of halogens is 3. The van der Waals surface area contributed by atoms with Crippen molar-refractivity contribution >= 4 is 23.4 Å². The molecule has 2 aromatic carbocycles. The second-order valence-electron chi connectivity index (χ2n) is 4.95. The molecule has 23 heavy (non-hydrogen) atoms. The molecule has 1 saturated heterocycles. The lowest BCUT2D eigenvalue weighted by Crippen LogP contribution is -2.28. The Morgan fingerprint density at radius 1 is 1.09 bits per heavy atom. The van der Waals surface area contributed by atoms with Gasteiger partial charge in [0.15, 0.2) is 0 Å². The van der Waals surface area contributed by atoms with Gasteiger partial charge in [-0.05, 0) is 29.8 Å².